The maximum absolute atomic E-state index is 13.3. The van der Waals surface area contributed by atoms with Crippen molar-refractivity contribution in [3.05, 3.63) is 101 Å². The van der Waals surface area contributed by atoms with E-state index in [-0.39, 0.29) is 5.56 Å². The van der Waals surface area contributed by atoms with Crippen LogP contribution >= 0.6 is 0 Å². The highest BCUT2D eigenvalue weighted by molar-refractivity contribution is 5.95. The van der Waals surface area contributed by atoms with Crippen molar-refractivity contribution in [3.63, 3.8) is 0 Å². The van der Waals surface area contributed by atoms with Crippen LogP contribution in [0.1, 0.15) is 5.56 Å². The number of H-pyrrole nitrogens is 1. The Balaban J connectivity index is 1.61. The molecule has 0 fully saturated rings. The smallest absolute Gasteiger partial charge is 0.262 e. The SMILES string of the molecule is O=c1c2ccccc2n2c(-c3c[nH]c4ccccc34)nnc2n1CCc1ccccc1. The molecule has 3 aromatic heterocycles. The predicted molar refractivity (Wildman–Crippen MR) is 122 cm³/mol. The molecule has 0 aliphatic rings. The molecule has 3 heterocycles. The second-order valence-electron chi connectivity index (χ2n) is 7.62. The number of nitrogens with zero attached hydrogens (tertiary/aromatic N) is 4. The van der Waals surface area contributed by atoms with Gasteiger partial charge in [-0.05, 0) is 30.2 Å². The minimum Gasteiger partial charge on any atom is -0.360 e. The molecular weight excluding hydrogens is 386 g/mol. The molecule has 0 saturated carbocycles. The van der Waals surface area contributed by atoms with Crippen LogP contribution in [0.2, 0.25) is 0 Å². The van der Waals surface area contributed by atoms with E-state index in [2.05, 4.69) is 33.4 Å². The molecule has 1 N–H and O–H groups in total. The third kappa shape index (κ3) is 2.76. The van der Waals surface area contributed by atoms with E-state index >= 15 is 0 Å². The quantitative estimate of drug-likeness (QED) is 0.472. The van der Waals surface area contributed by atoms with Crippen molar-refractivity contribution in [1.82, 2.24) is 24.1 Å². The zero-order valence-electron chi connectivity index (χ0n) is 16.7. The molecule has 0 saturated heterocycles. The molecule has 0 unspecified atom stereocenters. The van der Waals surface area contributed by atoms with Crippen molar-refractivity contribution in [1.29, 1.82) is 0 Å². The Bertz CT molecular complexity index is 1610. The minimum atomic E-state index is -0.0445. The van der Waals surface area contributed by atoms with Gasteiger partial charge in [0.05, 0.1) is 10.9 Å². The van der Waals surface area contributed by atoms with Gasteiger partial charge >= 0.3 is 0 Å². The van der Waals surface area contributed by atoms with Gasteiger partial charge in [0.1, 0.15) is 0 Å². The number of benzene rings is 3. The number of aromatic amines is 1. The van der Waals surface area contributed by atoms with Gasteiger partial charge in [-0.3, -0.25) is 13.8 Å². The Morgan fingerprint density at radius 1 is 0.806 bits per heavy atom. The van der Waals surface area contributed by atoms with Crippen molar-refractivity contribution in [2.24, 2.45) is 0 Å². The van der Waals surface area contributed by atoms with Crippen LogP contribution in [0.15, 0.2) is 89.9 Å². The maximum Gasteiger partial charge on any atom is 0.262 e. The second-order valence-corrected chi connectivity index (χ2v) is 7.62. The van der Waals surface area contributed by atoms with Gasteiger partial charge in [-0.25, -0.2) is 0 Å². The fourth-order valence-electron chi connectivity index (χ4n) is 4.28. The third-order valence-electron chi connectivity index (χ3n) is 5.80. The van der Waals surface area contributed by atoms with Crippen molar-refractivity contribution >= 4 is 27.6 Å². The Labute approximate surface area is 177 Å². The first kappa shape index (κ1) is 17.7. The van der Waals surface area contributed by atoms with Crippen LogP contribution in [0.25, 0.3) is 39.0 Å². The molecular formula is C25H19N5O. The van der Waals surface area contributed by atoms with Gasteiger partial charge in [-0.2, -0.15) is 0 Å². The van der Waals surface area contributed by atoms with E-state index in [0.717, 1.165) is 34.2 Å². The summed E-state index contributed by atoms with van der Waals surface area (Å²) in [6, 6.07) is 25.9. The summed E-state index contributed by atoms with van der Waals surface area (Å²) in [5.74, 6) is 1.28. The van der Waals surface area contributed by atoms with Gasteiger partial charge in [0, 0.05) is 29.2 Å². The number of hydrogen-bond acceptors (Lipinski definition) is 3. The fraction of sp³-hybridized carbons (Fsp3) is 0.0800. The van der Waals surface area contributed by atoms with Gasteiger partial charge in [0.25, 0.3) is 5.56 Å². The Morgan fingerprint density at radius 3 is 2.42 bits per heavy atom. The first-order chi connectivity index (χ1) is 15.3. The van der Waals surface area contributed by atoms with Gasteiger partial charge in [0.2, 0.25) is 5.78 Å². The van der Waals surface area contributed by atoms with E-state index in [0.29, 0.717) is 17.7 Å². The van der Waals surface area contributed by atoms with E-state index in [1.165, 1.54) is 5.56 Å². The van der Waals surface area contributed by atoms with Crippen molar-refractivity contribution in [3.8, 4) is 11.4 Å². The summed E-state index contributed by atoms with van der Waals surface area (Å²) in [6.07, 6.45) is 2.69. The highest BCUT2D eigenvalue weighted by Gasteiger charge is 2.19. The Hall–Kier alpha value is -4.19. The van der Waals surface area contributed by atoms with Gasteiger partial charge < -0.3 is 4.98 Å². The third-order valence-corrected chi connectivity index (χ3v) is 5.80. The molecule has 0 bridgehead atoms. The summed E-state index contributed by atoms with van der Waals surface area (Å²) in [7, 11) is 0. The lowest BCUT2D eigenvalue weighted by molar-refractivity contribution is 0.678. The van der Waals surface area contributed by atoms with Crippen molar-refractivity contribution in [2.75, 3.05) is 0 Å². The molecule has 0 aliphatic carbocycles. The second kappa shape index (κ2) is 6.95. The topological polar surface area (TPSA) is 68.0 Å². The first-order valence-corrected chi connectivity index (χ1v) is 10.3. The first-order valence-electron chi connectivity index (χ1n) is 10.3. The Kier molecular flexibility index (Phi) is 3.96. The van der Waals surface area contributed by atoms with Gasteiger partial charge in [-0.15, -0.1) is 10.2 Å². The van der Waals surface area contributed by atoms with E-state index in [9.17, 15) is 4.79 Å². The molecule has 6 nitrogen and oxygen atoms in total. The van der Waals surface area contributed by atoms with E-state index in [1.54, 1.807) is 4.57 Å². The molecule has 6 heteroatoms. The summed E-state index contributed by atoms with van der Waals surface area (Å²) in [6.45, 7) is 0.531. The molecule has 3 aromatic carbocycles. The number of fused-ring (bicyclic) bond motifs is 4. The van der Waals surface area contributed by atoms with Crippen LogP contribution in [0, 0.1) is 0 Å². The number of aryl methyl sites for hydroxylation is 2. The summed E-state index contributed by atoms with van der Waals surface area (Å²) in [5.41, 5.74) is 3.94. The van der Waals surface area contributed by atoms with Crippen LogP contribution in [0.3, 0.4) is 0 Å². The number of hydrogen-bond donors (Lipinski definition) is 1. The molecule has 6 aromatic rings. The predicted octanol–water partition coefficient (Wildman–Crippen LogP) is 4.44. The number of nitrogens with one attached hydrogen (secondary N) is 1. The highest BCUT2D eigenvalue weighted by Crippen LogP contribution is 2.29. The average molecular weight is 405 g/mol. The molecule has 0 radical (unpaired) electrons. The monoisotopic (exact) mass is 405 g/mol. The van der Waals surface area contributed by atoms with E-state index in [1.807, 2.05) is 71.3 Å². The molecule has 150 valence electrons. The summed E-state index contributed by atoms with van der Waals surface area (Å²) >= 11 is 0. The molecule has 0 amide bonds. The summed E-state index contributed by atoms with van der Waals surface area (Å²) < 4.78 is 3.73. The van der Waals surface area contributed by atoms with Crippen molar-refractivity contribution in [2.45, 2.75) is 13.0 Å². The van der Waals surface area contributed by atoms with E-state index < -0.39 is 0 Å². The fourth-order valence-corrected chi connectivity index (χ4v) is 4.28. The van der Waals surface area contributed by atoms with Crippen molar-refractivity contribution < 1.29 is 0 Å². The largest absolute Gasteiger partial charge is 0.360 e. The standard InChI is InChI=1S/C25H19N5O/c31-24-19-11-5-7-13-22(19)30-23(20-16-26-21-12-6-4-10-18(20)21)27-28-25(30)29(24)15-14-17-8-2-1-3-9-17/h1-13,16,26H,14-15H2. The van der Waals surface area contributed by atoms with Crippen LogP contribution in [0.5, 0.6) is 0 Å². The Morgan fingerprint density at radius 2 is 1.55 bits per heavy atom. The average Bonchev–Trinajstić information content (AvgIpc) is 3.44. The lowest BCUT2D eigenvalue weighted by Crippen LogP contribution is -2.24. The van der Waals surface area contributed by atoms with Crippen LogP contribution < -0.4 is 5.56 Å². The number of aromatic nitrogens is 5. The normalized spacial score (nSPS) is 11.6. The zero-order valence-corrected chi connectivity index (χ0v) is 16.7. The van der Waals surface area contributed by atoms with E-state index in [4.69, 9.17) is 0 Å². The number of para-hydroxylation sites is 2. The molecule has 31 heavy (non-hydrogen) atoms. The molecule has 6 rings (SSSR count). The highest BCUT2D eigenvalue weighted by atomic mass is 16.1. The van der Waals surface area contributed by atoms with Gasteiger partial charge in [0.15, 0.2) is 5.82 Å². The lowest BCUT2D eigenvalue weighted by Gasteiger charge is -2.11. The molecule has 0 spiro atoms. The summed E-state index contributed by atoms with van der Waals surface area (Å²) in [5, 5.41) is 10.7. The van der Waals surface area contributed by atoms with Crippen LogP contribution in [0.4, 0.5) is 0 Å². The number of rotatable bonds is 4. The van der Waals surface area contributed by atoms with Crippen LogP contribution in [-0.2, 0) is 13.0 Å². The van der Waals surface area contributed by atoms with Gasteiger partial charge in [-0.1, -0.05) is 60.7 Å². The zero-order chi connectivity index (χ0) is 20.8. The van der Waals surface area contributed by atoms with Crippen LogP contribution in [-0.4, -0.2) is 24.1 Å². The molecule has 0 aliphatic heterocycles. The minimum absolute atomic E-state index is 0.0445. The summed E-state index contributed by atoms with van der Waals surface area (Å²) in [4.78, 5) is 16.7. The maximum atomic E-state index is 13.3. The molecule has 0 atom stereocenters. The lowest BCUT2D eigenvalue weighted by atomic mass is 10.1.